The van der Waals surface area contributed by atoms with Crippen molar-refractivity contribution < 1.29 is 9.59 Å². The lowest BCUT2D eigenvalue weighted by Crippen LogP contribution is -2.32. The van der Waals surface area contributed by atoms with Crippen molar-refractivity contribution in [2.45, 2.75) is 6.92 Å². The average Bonchev–Trinajstić information content (AvgIpc) is 2.50. The molecule has 0 bridgehead atoms. The number of carbonyl (C=O) groups excluding carboxylic acids is 2. The van der Waals surface area contributed by atoms with Crippen LogP contribution in [-0.2, 0) is 9.59 Å². The molecule has 0 aliphatic rings. The molecule has 0 unspecified atom stereocenters. The summed E-state index contributed by atoms with van der Waals surface area (Å²) in [7, 11) is 0. The van der Waals surface area contributed by atoms with Gasteiger partial charge in [0.15, 0.2) is 0 Å². The molecule has 0 saturated heterocycles. The van der Waals surface area contributed by atoms with E-state index in [-0.39, 0.29) is 0 Å². The van der Waals surface area contributed by atoms with Crippen LogP contribution in [0.3, 0.4) is 0 Å². The summed E-state index contributed by atoms with van der Waals surface area (Å²) in [6.07, 6.45) is 2.98. The van der Waals surface area contributed by atoms with Gasteiger partial charge in [0.1, 0.15) is 5.82 Å². The Labute approximate surface area is 121 Å². The Morgan fingerprint density at radius 2 is 1.86 bits per heavy atom. The van der Waals surface area contributed by atoms with Crippen LogP contribution in [0.2, 0.25) is 0 Å². The van der Waals surface area contributed by atoms with Gasteiger partial charge in [0, 0.05) is 6.20 Å². The first kappa shape index (κ1) is 14.4. The lowest BCUT2D eigenvalue weighted by atomic mass is 10.2. The predicted octanol–water partition coefficient (Wildman–Crippen LogP) is 1.48. The summed E-state index contributed by atoms with van der Waals surface area (Å²) in [6.45, 7) is 1.98. The van der Waals surface area contributed by atoms with E-state index in [4.69, 9.17) is 0 Å². The lowest BCUT2D eigenvalue weighted by molar-refractivity contribution is -0.136. The number of pyridine rings is 1. The summed E-state index contributed by atoms with van der Waals surface area (Å²) in [5.74, 6) is -1.38. The van der Waals surface area contributed by atoms with E-state index < -0.39 is 11.8 Å². The van der Waals surface area contributed by atoms with Crippen molar-refractivity contribution in [3.63, 3.8) is 0 Å². The Kier molecular flexibility index (Phi) is 4.76. The first-order chi connectivity index (χ1) is 10.1. The highest BCUT2D eigenvalue weighted by Crippen LogP contribution is 2.00. The van der Waals surface area contributed by atoms with Crippen LogP contribution >= 0.6 is 0 Å². The summed E-state index contributed by atoms with van der Waals surface area (Å²) in [5.41, 5.74) is 4.11. The molecule has 21 heavy (non-hydrogen) atoms. The molecule has 0 aliphatic heterocycles. The second-order valence-corrected chi connectivity index (χ2v) is 4.28. The van der Waals surface area contributed by atoms with E-state index >= 15 is 0 Å². The fraction of sp³-hybridized carbons (Fsp3) is 0.0667. The Bertz CT molecular complexity index is 651. The van der Waals surface area contributed by atoms with Crippen LogP contribution in [0, 0.1) is 6.92 Å². The van der Waals surface area contributed by atoms with Crippen LogP contribution in [0.4, 0.5) is 5.82 Å². The van der Waals surface area contributed by atoms with E-state index in [1.54, 1.807) is 18.2 Å². The van der Waals surface area contributed by atoms with E-state index in [0.717, 1.165) is 11.1 Å². The van der Waals surface area contributed by atoms with Gasteiger partial charge in [-0.25, -0.2) is 10.4 Å². The molecule has 0 saturated carbocycles. The number of carbonyl (C=O) groups is 2. The molecule has 0 spiro atoms. The van der Waals surface area contributed by atoms with Gasteiger partial charge in [-0.05, 0) is 24.6 Å². The van der Waals surface area contributed by atoms with Crippen molar-refractivity contribution in [1.82, 2.24) is 10.4 Å². The highest BCUT2D eigenvalue weighted by atomic mass is 16.2. The number of aryl methyl sites for hydroxylation is 1. The second kappa shape index (κ2) is 6.95. The molecular weight excluding hydrogens is 268 g/mol. The number of aromatic nitrogens is 1. The number of amides is 2. The van der Waals surface area contributed by atoms with E-state index in [9.17, 15) is 9.59 Å². The Balaban J connectivity index is 1.86. The van der Waals surface area contributed by atoms with Crippen molar-refractivity contribution in [1.29, 1.82) is 0 Å². The maximum Gasteiger partial charge on any atom is 0.329 e. The smallest absolute Gasteiger partial charge is 0.302 e. The van der Waals surface area contributed by atoms with Crippen LogP contribution in [0.5, 0.6) is 0 Å². The molecule has 2 rings (SSSR count). The van der Waals surface area contributed by atoms with Crippen molar-refractivity contribution in [2.75, 3.05) is 5.32 Å². The van der Waals surface area contributed by atoms with E-state index in [0.29, 0.717) is 5.82 Å². The predicted molar refractivity (Wildman–Crippen MR) is 79.8 cm³/mol. The molecule has 6 heteroatoms. The molecule has 1 heterocycles. The number of anilines is 1. The third-order valence-corrected chi connectivity index (χ3v) is 2.57. The van der Waals surface area contributed by atoms with Gasteiger partial charge in [-0.1, -0.05) is 35.9 Å². The van der Waals surface area contributed by atoms with Crippen molar-refractivity contribution in [2.24, 2.45) is 5.10 Å². The SMILES string of the molecule is Cc1ccc(C=NNC(=O)C(=O)Nc2ccccn2)cc1. The number of nitrogens with zero attached hydrogens (tertiary/aromatic N) is 2. The van der Waals surface area contributed by atoms with Crippen molar-refractivity contribution >= 4 is 23.8 Å². The first-order valence-electron chi connectivity index (χ1n) is 6.27. The van der Waals surface area contributed by atoms with Crippen LogP contribution in [-0.4, -0.2) is 23.0 Å². The average molecular weight is 282 g/mol. The fourth-order valence-electron chi connectivity index (χ4n) is 1.48. The summed E-state index contributed by atoms with van der Waals surface area (Å²) in [4.78, 5) is 27.0. The molecule has 6 nitrogen and oxygen atoms in total. The second-order valence-electron chi connectivity index (χ2n) is 4.28. The standard InChI is InChI=1S/C15H14N4O2/c1-11-5-7-12(8-6-11)10-17-19-15(21)14(20)18-13-4-2-3-9-16-13/h2-10H,1H3,(H,19,21)(H,16,18,20). The zero-order valence-electron chi connectivity index (χ0n) is 11.4. The highest BCUT2D eigenvalue weighted by Gasteiger charge is 2.12. The van der Waals surface area contributed by atoms with Gasteiger partial charge in [0.25, 0.3) is 0 Å². The van der Waals surface area contributed by atoms with Crippen molar-refractivity contribution in [3.8, 4) is 0 Å². The number of rotatable bonds is 3. The molecule has 106 valence electrons. The molecule has 2 N–H and O–H groups in total. The van der Waals surface area contributed by atoms with Gasteiger partial charge < -0.3 is 5.32 Å². The molecule has 2 amide bonds. The Hall–Kier alpha value is -3.02. The summed E-state index contributed by atoms with van der Waals surface area (Å²) >= 11 is 0. The number of hydrogen-bond acceptors (Lipinski definition) is 4. The van der Waals surface area contributed by atoms with Crippen molar-refractivity contribution in [3.05, 3.63) is 59.8 Å². The van der Waals surface area contributed by atoms with Crippen LogP contribution < -0.4 is 10.7 Å². The van der Waals surface area contributed by atoms with Crippen LogP contribution in [0.15, 0.2) is 53.8 Å². The number of nitrogens with one attached hydrogen (secondary N) is 2. The van der Waals surface area contributed by atoms with E-state index in [1.165, 1.54) is 12.4 Å². The number of hydrazone groups is 1. The van der Waals surface area contributed by atoms with Gasteiger partial charge in [-0.3, -0.25) is 9.59 Å². The van der Waals surface area contributed by atoms with Crippen LogP contribution in [0.25, 0.3) is 0 Å². The van der Waals surface area contributed by atoms with Gasteiger partial charge in [-0.2, -0.15) is 5.10 Å². The normalized spacial score (nSPS) is 10.3. The monoisotopic (exact) mass is 282 g/mol. The van der Waals surface area contributed by atoms with Gasteiger partial charge in [-0.15, -0.1) is 0 Å². The van der Waals surface area contributed by atoms with E-state index in [2.05, 4.69) is 20.8 Å². The molecule has 0 atom stereocenters. The minimum absolute atomic E-state index is 0.306. The van der Waals surface area contributed by atoms with E-state index in [1.807, 2.05) is 31.2 Å². The minimum Gasteiger partial charge on any atom is -0.302 e. The lowest BCUT2D eigenvalue weighted by Gasteiger charge is -2.02. The topological polar surface area (TPSA) is 83.5 Å². The minimum atomic E-state index is -0.857. The quantitative estimate of drug-likeness (QED) is 0.508. The maximum atomic E-state index is 11.6. The molecule has 1 aromatic carbocycles. The third kappa shape index (κ3) is 4.54. The van der Waals surface area contributed by atoms with Gasteiger partial charge in [0.05, 0.1) is 6.21 Å². The highest BCUT2D eigenvalue weighted by molar-refractivity contribution is 6.39. The van der Waals surface area contributed by atoms with Gasteiger partial charge >= 0.3 is 11.8 Å². The third-order valence-electron chi connectivity index (χ3n) is 2.57. The first-order valence-corrected chi connectivity index (χ1v) is 6.27. The summed E-state index contributed by atoms with van der Waals surface area (Å²) in [6, 6.07) is 12.6. The maximum absolute atomic E-state index is 11.6. The summed E-state index contributed by atoms with van der Waals surface area (Å²) in [5, 5.41) is 6.09. The Morgan fingerprint density at radius 1 is 1.10 bits per heavy atom. The molecule has 0 radical (unpaired) electrons. The number of benzene rings is 1. The molecule has 0 aliphatic carbocycles. The van der Waals surface area contributed by atoms with Gasteiger partial charge in [0.2, 0.25) is 0 Å². The number of hydrogen-bond donors (Lipinski definition) is 2. The summed E-state index contributed by atoms with van der Waals surface area (Å²) < 4.78 is 0. The Morgan fingerprint density at radius 3 is 2.52 bits per heavy atom. The zero-order chi connectivity index (χ0) is 15.1. The molecule has 2 aromatic rings. The zero-order valence-corrected chi connectivity index (χ0v) is 11.4. The fourth-order valence-corrected chi connectivity index (χ4v) is 1.48. The molecule has 1 aromatic heterocycles. The van der Waals surface area contributed by atoms with Crippen LogP contribution in [0.1, 0.15) is 11.1 Å². The largest absolute Gasteiger partial charge is 0.329 e. The molecular formula is C15H14N4O2. The molecule has 0 fully saturated rings.